The maximum atomic E-state index is 12.6. The second kappa shape index (κ2) is 8.87. The number of amides is 1. The summed E-state index contributed by atoms with van der Waals surface area (Å²) in [6.07, 6.45) is 1.82. The Bertz CT molecular complexity index is 1230. The molecule has 0 saturated carbocycles. The first kappa shape index (κ1) is 19.8. The third-order valence-corrected chi connectivity index (χ3v) is 6.26. The number of aromatic nitrogens is 1. The maximum absolute atomic E-state index is 12.6. The Kier molecular flexibility index (Phi) is 5.84. The topological polar surface area (TPSA) is 65.8 Å². The van der Waals surface area contributed by atoms with E-state index >= 15 is 0 Å². The lowest BCUT2D eigenvalue weighted by Crippen LogP contribution is -2.09. The summed E-state index contributed by atoms with van der Waals surface area (Å²) in [5, 5.41) is 15.8. The van der Waals surface area contributed by atoms with Crippen molar-refractivity contribution in [2.45, 2.75) is 6.92 Å². The largest absolute Gasteiger partial charge is 0.311 e. The van der Waals surface area contributed by atoms with Crippen LogP contribution in [0.4, 0.5) is 5.00 Å². The molecule has 0 saturated heterocycles. The molecule has 4 rings (SSSR count). The molecule has 2 aromatic heterocycles. The van der Waals surface area contributed by atoms with Crippen molar-refractivity contribution in [2.75, 3.05) is 5.32 Å². The third-order valence-electron chi connectivity index (χ3n) is 4.39. The average molecular weight is 428 g/mol. The molecule has 0 aliphatic rings. The van der Waals surface area contributed by atoms with Crippen LogP contribution in [0.15, 0.2) is 72.1 Å². The van der Waals surface area contributed by atoms with Crippen molar-refractivity contribution in [1.82, 2.24) is 4.98 Å². The maximum Gasteiger partial charge on any atom is 0.266 e. The Morgan fingerprint density at radius 1 is 1.07 bits per heavy atom. The van der Waals surface area contributed by atoms with Gasteiger partial charge >= 0.3 is 0 Å². The number of anilines is 1. The Morgan fingerprint density at radius 2 is 1.83 bits per heavy atom. The van der Waals surface area contributed by atoms with Crippen LogP contribution in [0, 0.1) is 18.3 Å². The van der Waals surface area contributed by atoms with Gasteiger partial charge in [-0.25, -0.2) is 4.98 Å². The van der Waals surface area contributed by atoms with Gasteiger partial charge in [0.1, 0.15) is 21.8 Å². The zero-order valence-electron chi connectivity index (χ0n) is 16.1. The van der Waals surface area contributed by atoms with Gasteiger partial charge in [-0.05, 0) is 30.0 Å². The molecule has 6 heteroatoms. The van der Waals surface area contributed by atoms with Crippen LogP contribution in [-0.4, -0.2) is 10.9 Å². The zero-order chi connectivity index (χ0) is 20.9. The van der Waals surface area contributed by atoms with Crippen molar-refractivity contribution in [3.05, 3.63) is 93.1 Å². The highest BCUT2D eigenvalue weighted by molar-refractivity contribution is 7.18. The number of hydrogen-bond acceptors (Lipinski definition) is 5. The fourth-order valence-corrected chi connectivity index (χ4v) is 4.42. The van der Waals surface area contributed by atoms with E-state index < -0.39 is 0 Å². The summed E-state index contributed by atoms with van der Waals surface area (Å²) in [5.41, 5.74) is 4.08. The number of allylic oxidation sites excluding steroid dienone is 1. The standard InChI is InChI=1S/C24H17N3OS2/c1-16-9-11-17(12-10-16)14-19(15-25)23-26-21(18-6-3-2-4-7-18)24(30-23)27-22(28)20-8-5-13-29-20/h2-14H,1H3,(H,27,28). The lowest BCUT2D eigenvalue weighted by molar-refractivity contribution is 0.103. The Hall–Kier alpha value is -3.53. The van der Waals surface area contributed by atoms with Gasteiger partial charge in [0.2, 0.25) is 0 Å². The molecule has 2 heterocycles. The van der Waals surface area contributed by atoms with Crippen LogP contribution in [0.5, 0.6) is 0 Å². The van der Waals surface area contributed by atoms with Crippen LogP contribution in [0.1, 0.15) is 25.8 Å². The molecule has 0 bridgehead atoms. The molecule has 4 nitrogen and oxygen atoms in total. The number of thiophene rings is 1. The molecule has 0 aliphatic heterocycles. The number of hydrogen-bond donors (Lipinski definition) is 1. The van der Waals surface area contributed by atoms with Crippen LogP contribution in [0.2, 0.25) is 0 Å². The summed E-state index contributed by atoms with van der Waals surface area (Å²) >= 11 is 2.69. The van der Waals surface area contributed by atoms with E-state index in [1.807, 2.05) is 79.0 Å². The van der Waals surface area contributed by atoms with E-state index in [0.717, 1.165) is 16.7 Å². The number of carbonyl (C=O) groups is 1. The van der Waals surface area contributed by atoms with Crippen LogP contribution in [-0.2, 0) is 0 Å². The predicted molar refractivity (Wildman–Crippen MR) is 124 cm³/mol. The molecule has 0 unspecified atom stereocenters. The van der Waals surface area contributed by atoms with E-state index in [9.17, 15) is 10.1 Å². The van der Waals surface area contributed by atoms with Crippen LogP contribution >= 0.6 is 22.7 Å². The quantitative estimate of drug-likeness (QED) is 0.370. The number of rotatable bonds is 5. The normalized spacial score (nSPS) is 11.1. The average Bonchev–Trinajstić information content (AvgIpc) is 3.44. The number of thiazole rings is 1. The second-order valence-corrected chi connectivity index (χ2v) is 8.52. The molecule has 2 aromatic carbocycles. The number of nitriles is 1. The minimum Gasteiger partial charge on any atom is -0.311 e. The van der Waals surface area contributed by atoms with Gasteiger partial charge in [0.25, 0.3) is 5.91 Å². The highest BCUT2D eigenvalue weighted by atomic mass is 32.1. The number of benzene rings is 2. The van der Waals surface area contributed by atoms with Crippen LogP contribution < -0.4 is 5.32 Å². The lowest BCUT2D eigenvalue weighted by atomic mass is 10.1. The van der Waals surface area contributed by atoms with Gasteiger partial charge in [-0.2, -0.15) is 5.26 Å². The summed E-state index contributed by atoms with van der Waals surface area (Å²) in [6.45, 7) is 2.02. The molecule has 0 radical (unpaired) electrons. The first-order valence-corrected chi connectivity index (χ1v) is 10.9. The van der Waals surface area contributed by atoms with E-state index in [1.165, 1.54) is 22.7 Å². The van der Waals surface area contributed by atoms with Gasteiger partial charge in [0.05, 0.1) is 10.5 Å². The summed E-state index contributed by atoms with van der Waals surface area (Å²) in [6, 6.07) is 23.5. The van der Waals surface area contributed by atoms with Gasteiger partial charge in [-0.1, -0.05) is 77.6 Å². The highest BCUT2D eigenvalue weighted by Gasteiger charge is 2.19. The van der Waals surface area contributed by atoms with E-state index in [1.54, 1.807) is 6.07 Å². The summed E-state index contributed by atoms with van der Waals surface area (Å²) in [7, 11) is 0. The number of carbonyl (C=O) groups excluding carboxylic acids is 1. The molecular weight excluding hydrogens is 410 g/mol. The minimum atomic E-state index is -0.182. The minimum absolute atomic E-state index is 0.182. The highest BCUT2D eigenvalue weighted by Crippen LogP contribution is 2.37. The predicted octanol–water partition coefficient (Wildman–Crippen LogP) is 6.50. The summed E-state index contributed by atoms with van der Waals surface area (Å²) in [5.74, 6) is -0.182. The smallest absolute Gasteiger partial charge is 0.266 e. The molecule has 0 spiro atoms. The van der Waals surface area contributed by atoms with Gasteiger partial charge in [0.15, 0.2) is 0 Å². The molecule has 0 aliphatic carbocycles. The third kappa shape index (κ3) is 4.38. The SMILES string of the molecule is Cc1ccc(C=C(C#N)c2nc(-c3ccccc3)c(NC(=O)c3cccs3)s2)cc1. The van der Waals surface area contributed by atoms with Crippen molar-refractivity contribution < 1.29 is 4.79 Å². The molecule has 0 fully saturated rings. The molecule has 1 amide bonds. The first-order valence-electron chi connectivity index (χ1n) is 9.24. The van der Waals surface area contributed by atoms with Crippen molar-refractivity contribution in [1.29, 1.82) is 5.26 Å². The molecule has 146 valence electrons. The van der Waals surface area contributed by atoms with Crippen molar-refractivity contribution in [3.63, 3.8) is 0 Å². The number of nitrogens with one attached hydrogen (secondary N) is 1. The zero-order valence-corrected chi connectivity index (χ0v) is 17.8. The second-order valence-electron chi connectivity index (χ2n) is 6.57. The molecule has 1 N–H and O–H groups in total. The summed E-state index contributed by atoms with van der Waals surface area (Å²) in [4.78, 5) is 18.0. The first-order chi connectivity index (χ1) is 14.6. The fourth-order valence-electron chi connectivity index (χ4n) is 2.86. The Morgan fingerprint density at radius 3 is 2.50 bits per heavy atom. The van der Waals surface area contributed by atoms with Crippen molar-refractivity contribution in [2.24, 2.45) is 0 Å². The van der Waals surface area contributed by atoms with Crippen LogP contribution in [0.3, 0.4) is 0 Å². The molecule has 30 heavy (non-hydrogen) atoms. The van der Waals surface area contributed by atoms with E-state index in [-0.39, 0.29) is 5.91 Å². The van der Waals surface area contributed by atoms with E-state index in [2.05, 4.69) is 11.4 Å². The van der Waals surface area contributed by atoms with Crippen molar-refractivity contribution in [3.8, 4) is 17.3 Å². The van der Waals surface area contributed by atoms with Gasteiger partial charge in [0, 0.05) is 5.56 Å². The number of nitrogens with zero attached hydrogens (tertiary/aromatic N) is 2. The van der Waals surface area contributed by atoms with Gasteiger partial charge in [-0.3, -0.25) is 4.79 Å². The molecule has 0 atom stereocenters. The lowest BCUT2D eigenvalue weighted by Gasteiger charge is -2.03. The van der Waals surface area contributed by atoms with Gasteiger partial charge in [-0.15, -0.1) is 11.3 Å². The summed E-state index contributed by atoms with van der Waals surface area (Å²) < 4.78 is 0. The van der Waals surface area contributed by atoms with Crippen molar-refractivity contribution >= 4 is 45.2 Å². The Labute approximate surface area is 182 Å². The Balaban J connectivity index is 1.75. The van der Waals surface area contributed by atoms with Gasteiger partial charge < -0.3 is 5.32 Å². The fraction of sp³-hybridized carbons (Fsp3) is 0.0417. The van der Waals surface area contributed by atoms with E-state index in [0.29, 0.717) is 26.2 Å². The number of aryl methyl sites for hydroxylation is 1. The van der Waals surface area contributed by atoms with Crippen LogP contribution in [0.25, 0.3) is 22.9 Å². The molecular formula is C24H17N3OS2. The monoisotopic (exact) mass is 427 g/mol. The molecule has 4 aromatic rings. The van der Waals surface area contributed by atoms with E-state index in [4.69, 9.17) is 4.98 Å².